The van der Waals surface area contributed by atoms with E-state index in [2.05, 4.69) is 29.3 Å². The molecule has 8 heteroatoms. The number of amides is 1. The van der Waals surface area contributed by atoms with Gasteiger partial charge in [-0.3, -0.25) is 19.8 Å². The minimum atomic E-state index is -0.564. The normalized spacial score (nSPS) is 19.6. The van der Waals surface area contributed by atoms with E-state index >= 15 is 0 Å². The monoisotopic (exact) mass is 397 g/mol. The van der Waals surface area contributed by atoms with Gasteiger partial charge in [-0.2, -0.15) is 0 Å². The molecule has 8 nitrogen and oxygen atoms in total. The Balaban J connectivity index is 1.47. The van der Waals surface area contributed by atoms with Crippen LogP contribution in [0.1, 0.15) is 35.3 Å². The van der Waals surface area contributed by atoms with Gasteiger partial charge in [-0.05, 0) is 18.9 Å². The third kappa shape index (κ3) is 4.02. The average molecular weight is 397 g/mol. The number of carbonyl (C=O) groups excluding carboxylic acids is 1. The minimum Gasteiger partial charge on any atom is -0.486 e. The summed E-state index contributed by atoms with van der Waals surface area (Å²) in [7, 11) is 0. The van der Waals surface area contributed by atoms with Crippen LogP contribution >= 0.6 is 0 Å². The van der Waals surface area contributed by atoms with Crippen molar-refractivity contribution in [2.75, 3.05) is 26.3 Å². The first kappa shape index (κ1) is 19.2. The Morgan fingerprint density at radius 2 is 1.90 bits per heavy atom. The van der Waals surface area contributed by atoms with Crippen LogP contribution in [0.25, 0.3) is 0 Å². The Morgan fingerprint density at radius 1 is 1.21 bits per heavy atom. The molecule has 1 amide bonds. The SMILES string of the molecule is CC(c1ccccc1)N1CCC(NC(=O)c2cc3c(cc2[N+](=O)[O-])OCCO3)C1. The lowest BCUT2D eigenvalue weighted by atomic mass is 10.1. The molecule has 2 heterocycles. The Labute approximate surface area is 168 Å². The van der Waals surface area contributed by atoms with Crippen LogP contribution in [0, 0.1) is 10.1 Å². The van der Waals surface area contributed by atoms with Crippen molar-refractivity contribution in [1.29, 1.82) is 0 Å². The molecule has 2 atom stereocenters. The van der Waals surface area contributed by atoms with Crippen molar-refractivity contribution in [2.24, 2.45) is 0 Å². The van der Waals surface area contributed by atoms with Gasteiger partial charge in [0.15, 0.2) is 11.5 Å². The molecule has 4 rings (SSSR count). The van der Waals surface area contributed by atoms with Crippen molar-refractivity contribution >= 4 is 11.6 Å². The maximum absolute atomic E-state index is 12.8. The lowest BCUT2D eigenvalue weighted by Crippen LogP contribution is -2.37. The number of hydrogen-bond donors (Lipinski definition) is 1. The second-order valence-electron chi connectivity index (χ2n) is 7.31. The number of nitro benzene ring substituents is 1. The average Bonchev–Trinajstić information content (AvgIpc) is 3.21. The van der Waals surface area contributed by atoms with Gasteiger partial charge in [0, 0.05) is 31.2 Å². The molecule has 2 aliphatic rings. The van der Waals surface area contributed by atoms with E-state index in [9.17, 15) is 14.9 Å². The number of carbonyl (C=O) groups is 1. The predicted molar refractivity (Wildman–Crippen MR) is 106 cm³/mol. The van der Waals surface area contributed by atoms with Gasteiger partial charge in [0.25, 0.3) is 11.6 Å². The highest BCUT2D eigenvalue weighted by Crippen LogP contribution is 2.36. The Morgan fingerprint density at radius 3 is 2.59 bits per heavy atom. The fourth-order valence-corrected chi connectivity index (χ4v) is 3.87. The van der Waals surface area contributed by atoms with Gasteiger partial charge in [0.2, 0.25) is 0 Å². The van der Waals surface area contributed by atoms with Crippen molar-refractivity contribution in [3.8, 4) is 11.5 Å². The van der Waals surface area contributed by atoms with Crippen molar-refractivity contribution in [1.82, 2.24) is 10.2 Å². The number of fused-ring (bicyclic) bond motifs is 1. The molecule has 1 saturated heterocycles. The van der Waals surface area contributed by atoms with Crippen molar-refractivity contribution < 1.29 is 19.2 Å². The van der Waals surface area contributed by atoms with Gasteiger partial charge >= 0.3 is 0 Å². The fraction of sp³-hybridized carbons (Fsp3) is 0.381. The van der Waals surface area contributed by atoms with Crippen LogP contribution < -0.4 is 14.8 Å². The summed E-state index contributed by atoms with van der Waals surface area (Å²) in [6.07, 6.45) is 0.793. The molecule has 2 aromatic rings. The molecule has 0 radical (unpaired) electrons. The summed E-state index contributed by atoms with van der Waals surface area (Å²) in [5.41, 5.74) is 0.940. The van der Waals surface area contributed by atoms with Gasteiger partial charge in [0.1, 0.15) is 18.8 Å². The summed E-state index contributed by atoms with van der Waals surface area (Å²) >= 11 is 0. The van der Waals surface area contributed by atoms with Crippen molar-refractivity contribution in [3.05, 3.63) is 63.7 Å². The highest BCUT2D eigenvalue weighted by atomic mass is 16.6. The second kappa shape index (κ2) is 8.08. The molecule has 0 bridgehead atoms. The first-order valence-electron chi connectivity index (χ1n) is 9.71. The number of ether oxygens (including phenoxy) is 2. The van der Waals surface area contributed by atoms with Crippen LogP contribution in [-0.2, 0) is 0 Å². The number of nitro groups is 1. The van der Waals surface area contributed by atoms with Gasteiger partial charge in [0.05, 0.1) is 11.0 Å². The standard InChI is InChI=1S/C21H23N3O5/c1-14(15-5-3-2-4-6-15)23-8-7-16(13-23)22-21(25)17-11-19-20(29-10-9-28-19)12-18(17)24(26)27/h2-6,11-12,14,16H,7-10,13H2,1H3,(H,22,25). The highest BCUT2D eigenvalue weighted by Gasteiger charge is 2.31. The van der Waals surface area contributed by atoms with Gasteiger partial charge in [-0.15, -0.1) is 0 Å². The summed E-state index contributed by atoms with van der Waals surface area (Å²) in [6.45, 7) is 4.36. The molecule has 0 saturated carbocycles. The molecule has 29 heavy (non-hydrogen) atoms. The number of likely N-dealkylation sites (tertiary alicyclic amines) is 1. The van der Waals surface area contributed by atoms with E-state index in [0.29, 0.717) is 31.3 Å². The van der Waals surface area contributed by atoms with Gasteiger partial charge in [-0.1, -0.05) is 30.3 Å². The number of rotatable bonds is 5. The number of nitrogens with one attached hydrogen (secondary N) is 1. The highest BCUT2D eigenvalue weighted by molar-refractivity contribution is 5.99. The van der Waals surface area contributed by atoms with Crippen molar-refractivity contribution in [2.45, 2.75) is 25.4 Å². The molecule has 1 N–H and O–H groups in total. The van der Waals surface area contributed by atoms with E-state index < -0.39 is 10.8 Å². The molecule has 2 aromatic carbocycles. The zero-order chi connectivity index (χ0) is 20.4. The Hall–Kier alpha value is -3.13. The second-order valence-corrected chi connectivity index (χ2v) is 7.31. The van der Waals surface area contributed by atoms with Crippen LogP contribution in [0.5, 0.6) is 11.5 Å². The molecular weight excluding hydrogens is 374 g/mol. The first-order chi connectivity index (χ1) is 14.0. The van der Waals surface area contributed by atoms with E-state index in [4.69, 9.17) is 9.47 Å². The zero-order valence-electron chi connectivity index (χ0n) is 16.2. The maximum atomic E-state index is 12.8. The van der Waals surface area contributed by atoms with E-state index in [0.717, 1.165) is 13.0 Å². The molecule has 1 fully saturated rings. The minimum absolute atomic E-state index is 0.00573. The van der Waals surface area contributed by atoms with E-state index in [1.54, 1.807) is 0 Å². The van der Waals surface area contributed by atoms with Gasteiger partial charge in [-0.25, -0.2) is 0 Å². The topological polar surface area (TPSA) is 93.9 Å². The molecule has 0 spiro atoms. The quantitative estimate of drug-likeness (QED) is 0.616. The maximum Gasteiger partial charge on any atom is 0.286 e. The van der Waals surface area contributed by atoms with Crippen LogP contribution in [0.3, 0.4) is 0 Å². The van der Waals surface area contributed by atoms with E-state index in [1.165, 1.54) is 17.7 Å². The third-order valence-electron chi connectivity index (χ3n) is 5.49. The molecule has 0 aliphatic carbocycles. The Bertz CT molecular complexity index is 918. The molecule has 152 valence electrons. The number of benzene rings is 2. The molecule has 2 unspecified atom stereocenters. The first-order valence-corrected chi connectivity index (χ1v) is 9.71. The smallest absolute Gasteiger partial charge is 0.286 e. The molecule has 2 aliphatic heterocycles. The summed E-state index contributed by atoms with van der Waals surface area (Å²) in [5.74, 6) is 0.189. The fourth-order valence-electron chi connectivity index (χ4n) is 3.87. The third-order valence-corrected chi connectivity index (χ3v) is 5.49. The summed E-state index contributed by atoms with van der Waals surface area (Å²) in [4.78, 5) is 26.0. The van der Waals surface area contributed by atoms with Crippen LogP contribution in [0.15, 0.2) is 42.5 Å². The number of nitrogens with zero attached hydrogens (tertiary/aromatic N) is 2. The predicted octanol–water partition coefficient (Wildman–Crippen LogP) is 2.93. The lowest BCUT2D eigenvalue weighted by molar-refractivity contribution is -0.385. The zero-order valence-corrected chi connectivity index (χ0v) is 16.2. The van der Waals surface area contributed by atoms with Crippen LogP contribution in [-0.4, -0.2) is 48.1 Å². The Kier molecular flexibility index (Phi) is 5.35. The van der Waals surface area contributed by atoms with Gasteiger partial charge < -0.3 is 14.8 Å². The molecular formula is C21H23N3O5. The lowest BCUT2D eigenvalue weighted by Gasteiger charge is -2.25. The largest absolute Gasteiger partial charge is 0.486 e. The van der Waals surface area contributed by atoms with E-state index in [-0.39, 0.29) is 23.3 Å². The van der Waals surface area contributed by atoms with Crippen LogP contribution in [0.2, 0.25) is 0 Å². The van der Waals surface area contributed by atoms with E-state index in [1.807, 2.05) is 18.2 Å². The summed E-state index contributed by atoms with van der Waals surface area (Å²) < 4.78 is 10.9. The summed E-state index contributed by atoms with van der Waals surface area (Å²) in [6, 6.07) is 13.0. The molecule has 0 aromatic heterocycles. The number of hydrogen-bond acceptors (Lipinski definition) is 6. The summed E-state index contributed by atoms with van der Waals surface area (Å²) in [5, 5.41) is 14.4. The van der Waals surface area contributed by atoms with Crippen LogP contribution in [0.4, 0.5) is 5.69 Å². The van der Waals surface area contributed by atoms with Crippen molar-refractivity contribution in [3.63, 3.8) is 0 Å².